The smallest absolute Gasteiger partial charge is 0.224 e. The van der Waals surface area contributed by atoms with Gasteiger partial charge in [-0.25, -0.2) is 0 Å². The number of carbonyl (C=O) groups is 1. The molecule has 0 spiro atoms. The predicted molar refractivity (Wildman–Crippen MR) is 94.8 cm³/mol. The molecule has 0 aliphatic rings. The first-order valence-corrected chi connectivity index (χ1v) is 8.37. The number of nitrogens with zero attached hydrogens (tertiary/aromatic N) is 2. The molecule has 4 nitrogen and oxygen atoms in total. The van der Waals surface area contributed by atoms with E-state index in [1.165, 1.54) is 16.7 Å². The predicted octanol–water partition coefficient (Wildman–Crippen LogP) is 3.73. The van der Waals surface area contributed by atoms with E-state index >= 15 is 0 Å². The maximum absolute atomic E-state index is 12.4. The Hall–Kier alpha value is -2.10. The fourth-order valence-electron chi connectivity index (χ4n) is 3.02. The third kappa shape index (κ3) is 3.81. The van der Waals surface area contributed by atoms with E-state index in [0.717, 1.165) is 36.3 Å². The van der Waals surface area contributed by atoms with Crippen molar-refractivity contribution in [1.29, 1.82) is 0 Å². The van der Waals surface area contributed by atoms with E-state index in [0.29, 0.717) is 6.42 Å². The highest BCUT2D eigenvalue weighted by atomic mass is 16.1. The van der Waals surface area contributed by atoms with E-state index in [9.17, 15) is 4.79 Å². The molecule has 0 saturated carbocycles. The van der Waals surface area contributed by atoms with Crippen molar-refractivity contribution in [3.8, 4) is 0 Å². The molecule has 0 bridgehead atoms. The second-order valence-electron chi connectivity index (χ2n) is 5.98. The molecule has 23 heavy (non-hydrogen) atoms. The van der Waals surface area contributed by atoms with Crippen molar-refractivity contribution in [2.24, 2.45) is 7.05 Å². The summed E-state index contributed by atoms with van der Waals surface area (Å²) in [5.74, 6) is 0.0725. The molecule has 0 fully saturated rings. The van der Waals surface area contributed by atoms with Gasteiger partial charge in [-0.2, -0.15) is 5.10 Å². The molecule has 124 valence electrons. The Kier molecular flexibility index (Phi) is 5.59. The number of rotatable bonds is 6. The van der Waals surface area contributed by atoms with Crippen LogP contribution < -0.4 is 5.32 Å². The quantitative estimate of drug-likeness (QED) is 0.883. The topological polar surface area (TPSA) is 46.9 Å². The van der Waals surface area contributed by atoms with Gasteiger partial charge in [-0.3, -0.25) is 9.48 Å². The molecular weight excluding hydrogens is 286 g/mol. The van der Waals surface area contributed by atoms with Crippen LogP contribution in [0.1, 0.15) is 48.3 Å². The van der Waals surface area contributed by atoms with Crippen molar-refractivity contribution < 1.29 is 4.79 Å². The van der Waals surface area contributed by atoms with E-state index in [4.69, 9.17) is 0 Å². The third-order valence-corrected chi connectivity index (χ3v) is 4.52. The van der Waals surface area contributed by atoms with E-state index in [2.05, 4.69) is 49.4 Å². The molecule has 0 unspecified atom stereocenters. The maximum Gasteiger partial charge on any atom is 0.224 e. The summed E-state index contributed by atoms with van der Waals surface area (Å²) in [5, 5.41) is 7.54. The fraction of sp³-hybridized carbons (Fsp3) is 0.474. The van der Waals surface area contributed by atoms with Crippen LogP contribution in [0.25, 0.3) is 0 Å². The van der Waals surface area contributed by atoms with Crippen LogP contribution >= 0.6 is 0 Å². The summed E-state index contributed by atoms with van der Waals surface area (Å²) in [6.45, 7) is 8.29. The summed E-state index contributed by atoms with van der Waals surface area (Å²) in [6, 6.07) is 6.24. The van der Waals surface area contributed by atoms with Crippen molar-refractivity contribution in [2.45, 2.75) is 53.4 Å². The molecule has 1 aromatic carbocycles. The summed E-state index contributed by atoms with van der Waals surface area (Å²) < 4.78 is 1.88. The Bertz CT molecular complexity index is 679. The number of aromatic nitrogens is 2. The lowest BCUT2D eigenvalue weighted by atomic mass is 10.0. The fourth-order valence-corrected chi connectivity index (χ4v) is 3.02. The van der Waals surface area contributed by atoms with Crippen LogP contribution in [0.15, 0.2) is 18.2 Å². The lowest BCUT2D eigenvalue weighted by Crippen LogP contribution is -2.15. The van der Waals surface area contributed by atoms with Gasteiger partial charge in [-0.15, -0.1) is 0 Å². The molecule has 2 rings (SSSR count). The molecule has 1 N–H and O–H groups in total. The number of hydrogen-bond acceptors (Lipinski definition) is 2. The van der Waals surface area contributed by atoms with Crippen LogP contribution in [0.4, 0.5) is 5.69 Å². The second kappa shape index (κ2) is 7.44. The highest BCUT2D eigenvalue weighted by molar-refractivity contribution is 5.92. The van der Waals surface area contributed by atoms with Crippen LogP contribution in [0.5, 0.6) is 0 Å². The lowest BCUT2D eigenvalue weighted by molar-refractivity contribution is -0.116. The molecule has 0 saturated heterocycles. The zero-order valence-corrected chi connectivity index (χ0v) is 14.9. The SMILES string of the molecule is CCc1cccc(CC)c1NC(=O)CCc1c(C)nn(C)c1C. The normalized spacial score (nSPS) is 10.8. The van der Waals surface area contributed by atoms with E-state index in [1.54, 1.807) is 0 Å². The van der Waals surface area contributed by atoms with Gasteiger partial charge in [0.25, 0.3) is 0 Å². The molecule has 0 aliphatic carbocycles. The average molecular weight is 313 g/mol. The van der Waals surface area contributed by atoms with Gasteiger partial charge in [-0.05, 0) is 49.8 Å². The van der Waals surface area contributed by atoms with Crippen LogP contribution in [0, 0.1) is 13.8 Å². The van der Waals surface area contributed by atoms with Crippen molar-refractivity contribution >= 4 is 11.6 Å². The largest absolute Gasteiger partial charge is 0.326 e. The minimum absolute atomic E-state index is 0.0725. The van der Waals surface area contributed by atoms with Gasteiger partial charge in [-0.1, -0.05) is 32.0 Å². The number of anilines is 1. The van der Waals surface area contributed by atoms with Gasteiger partial charge in [0.15, 0.2) is 0 Å². The summed E-state index contributed by atoms with van der Waals surface area (Å²) >= 11 is 0. The molecule has 1 amide bonds. The van der Waals surface area contributed by atoms with Gasteiger partial charge in [0, 0.05) is 24.8 Å². The van der Waals surface area contributed by atoms with Crippen LogP contribution in [-0.4, -0.2) is 15.7 Å². The first kappa shape index (κ1) is 17.3. The van der Waals surface area contributed by atoms with Crippen molar-refractivity contribution in [3.63, 3.8) is 0 Å². The summed E-state index contributed by atoms with van der Waals surface area (Å²) in [4.78, 5) is 12.4. The monoisotopic (exact) mass is 313 g/mol. The highest BCUT2D eigenvalue weighted by Gasteiger charge is 2.13. The first-order chi connectivity index (χ1) is 11.0. The zero-order valence-electron chi connectivity index (χ0n) is 14.9. The lowest BCUT2D eigenvalue weighted by Gasteiger charge is -2.14. The van der Waals surface area contributed by atoms with Gasteiger partial charge < -0.3 is 5.32 Å². The third-order valence-electron chi connectivity index (χ3n) is 4.52. The molecule has 1 aromatic heterocycles. The second-order valence-corrected chi connectivity index (χ2v) is 5.98. The van der Waals surface area contributed by atoms with Crippen molar-refractivity contribution in [3.05, 3.63) is 46.3 Å². The Morgan fingerprint density at radius 3 is 2.26 bits per heavy atom. The maximum atomic E-state index is 12.4. The molecule has 1 heterocycles. The van der Waals surface area contributed by atoms with Gasteiger partial charge >= 0.3 is 0 Å². The van der Waals surface area contributed by atoms with E-state index in [1.807, 2.05) is 18.7 Å². The van der Waals surface area contributed by atoms with Gasteiger partial charge in [0.2, 0.25) is 5.91 Å². The minimum Gasteiger partial charge on any atom is -0.326 e. The van der Waals surface area contributed by atoms with Gasteiger partial charge in [0.05, 0.1) is 5.69 Å². The number of carbonyl (C=O) groups excluding carboxylic acids is 1. The molecule has 0 radical (unpaired) electrons. The van der Waals surface area contributed by atoms with Crippen LogP contribution in [-0.2, 0) is 31.1 Å². The summed E-state index contributed by atoms with van der Waals surface area (Å²) in [6.07, 6.45) is 3.05. The zero-order chi connectivity index (χ0) is 17.0. The number of aryl methyl sites for hydroxylation is 4. The minimum atomic E-state index is 0.0725. The molecule has 4 heteroatoms. The summed E-state index contributed by atoms with van der Waals surface area (Å²) in [7, 11) is 1.94. The first-order valence-electron chi connectivity index (χ1n) is 8.37. The van der Waals surface area contributed by atoms with Crippen LogP contribution in [0.2, 0.25) is 0 Å². The Balaban J connectivity index is 2.08. The highest BCUT2D eigenvalue weighted by Crippen LogP contribution is 2.23. The number of benzene rings is 1. The van der Waals surface area contributed by atoms with E-state index in [-0.39, 0.29) is 5.91 Å². The Morgan fingerprint density at radius 1 is 1.17 bits per heavy atom. The number of amides is 1. The number of hydrogen-bond donors (Lipinski definition) is 1. The number of nitrogens with one attached hydrogen (secondary N) is 1. The molecular formula is C19H27N3O. The average Bonchev–Trinajstić information content (AvgIpc) is 2.78. The molecule has 0 atom stereocenters. The molecule has 0 aliphatic heterocycles. The van der Waals surface area contributed by atoms with E-state index < -0.39 is 0 Å². The van der Waals surface area contributed by atoms with Crippen LogP contribution in [0.3, 0.4) is 0 Å². The van der Waals surface area contributed by atoms with Crippen molar-refractivity contribution in [2.75, 3.05) is 5.32 Å². The van der Waals surface area contributed by atoms with Gasteiger partial charge in [0.1, 0.15) is 0 Å². The molecule has 2 aromatic rings. The Labute approximate surface area is 138 Å². The summed E-state index contributed by atoms with van der Waals surface area (Å²) in [5.41, 5.74) is 6.74. The standard InChI is InChI=1S/C19H27N3O/c1-6-15-9-8-10-16(7-2)19(15)20-18(23)12-11-17-13(3)21-22(5)14(17)4/h8-10H,6-7,11-12H2,1-5H3,(H,20,23). The Morgan fingerprint density at radius 2 is 1.78 bits per heavy atom. The van der Waals surface area contributed by atoms with Crippen molar-refractivity contribution in [1.82, 2.24) is 9.78 Å². The number of para-hydroxylation sites is 1.